The minimum atomic E-state index is -4.45. The minimum absolute atomic E-state index is 0.0975. The van der Waals surface area contributed by atoms with E-state index in [0.29, 0.717) is 29.0 Å². The Labute approximate surface area is 177 Å². The van der Waals surface area contributed by atoms with Crippen molar-refractivity contribution in [1.29, 1.82) is 0 Å². The molecule has 162 valence electrons. The van der Waals surface area contributed by atoms with E-state index < -0.39 is 11.7 Å². The Morgan fingerprint density at radius 3 is 2.58 bits per heavy atom. The molecule has 3 saturated heterocycles. The molecule has 6 nitrogen and oxygen atoms in total. The first-order valence-electron chi connectivity index (χ1n) is 10.3. The third-order valence-corrected chi connectivity index (χ3v) is 6.34. The van der Waals surface area contributed by atoms with Gasteiger partial charge in [0.25, 0.3) is 0 Å². The van der Waals surface area contributed by atoms with Crippen LogP contribution >= 0.6 is 0 Å². The van der Waals surface area contributed by atoms with Gasteiger partial charge >= 0.3 is 6.18 Å². The summed E-state index contributed by atoms with van der Waals surface area (Å²) >= 11 is 0. The standard InChI is InChI=1S/C22H22F3N5O/c1-31-19-10-14(22(23,24)25)2-3-16(19)20-15-4-7-26-11-17(15)21(29-28-20)27-18-12-30-8-5-13(18)6-9-30/h2-4,7,10-11,13,18H,5-6,8-9,12H2,1H3,(H,27,29)/t18-/m0/s1. The number of nitrogens with one attached hydrogen (secondary N) is 1. The quantitative estimate of drug-likeness (QED) is 0.670. The van der Waals surface area contributed by atoms with Crippen LogP contribution in [-0.4, -0.2) is 52.9 Å². The number of rotatable bonds is 4. The van der Waals surface area contributed by atoms with Gasteiger partial charge in [0.15, 0.2) is 5.82 Å². The third kappa shape index (κ3) is 3.67. The van der Waals surface area contributed by atoms with Gasteiger partial charge in [0.2, 0.25) is 0 Å². The van der Waals surface area contributed by atoms with E-state index in [1.54, 1.807) is 18.5 Å². The normalized spacial score (nSPS) is 23.2. The van der Waals surface area contributed by atoms with E-state index >= 15 is 0 Å². The summed E-state index contributed by atoms with van der Waals surface area (Å²) < 4.78 is 44.6. The van der Waals surface area contributed by atoms with Crippen molar-refractivity contribution in [2.75, 3.05) is 32.1 Å². The number of aromatic nitrogens is 3. The fourth-order valence-electron chi connectivity index (χ4n) is 4.67. The van der Waals surface area contributed by atoms with Gasteiger partial charge in [-0.3, -0.25) is 4.98 Å². The molecule has 3 fully saturated rings. The predicted molar refractivity (Wildman–Crippen MR) is 111 cm³/mol. The first kappa shape index (κ1) is 20.0. The van der Waals surface area contributed by atoms with Crippen molar-refractivity contribution in [3.63, 3.8) is 0 Å². The number of hydrogen-bond acceptors (Lipinski definition) is 6. The summed E-state index contributed by atoms with van der Waals surface area (Å²) in [6.07, 6.45) is 1.24. The van der Waals surface area contributed by atoms with Crippen LogP contribution in [0.15, 0.2) is 36.7 Å². The smallest absolute Gasteiger partial charge is 0.416 e. The maximum absolute atomic E-state index is 13.1. The highest BCUT2D eigenvalue weighted by atomic mass is 19.4. The van der Waals surface area contributed by atoms with Crippen LogP contribution in [0.1, 0.15) is 18.4 Å². The van der Waals surface area contributed by atoms with E-state index in [0.717, 1.165) is 42.5 Å². The summed E-state index contributed by atoms with van der Waals surface area (Å²) in [5.41, 5.74) is 0.142. The molecule has 1 atom stereocenters. The first-order valence-corrected chi connectivity index (χ1v) is 10.3. The highest BCUT2D eigenvalue weighted by Gasteiger charge is 2.35. The second-order valence-corrected chi connectivity index (χ2v) is 8.12. The van der Waals surface area contributed by atoms with Crippen molar-refractivity contribution in [1.82, 2.24) is 20.1 Å². The summed E-state index contributed by atoms with van der Waals surface area (Å²) in [6.45, 7) is 3.26. The number of halogens is 3. The van der Waals surface area contributed by atoms with E-state index in [-0.39, 0.29) is 5.75 Å². The molecule has 3 aliphatic heterocycles. The largest absolute Gasteiger partial charge is 0.496 e. The third-order valence-electron chi connectivity index (χ3n) is 6.34. The molecule has 3 aliphatic rings. The number of alkyl halides is 3. The Hall–Kier alpha value is -2.94. The number of hydrogen-bond donors (Lipinski definition) is 1. The molecule has 5 heterocycles. The summed E-state index contributed by atoms with van der Waals surface area (Å²) in [7, 11) is 1.35. The number of nitrogens with zero attached hydrogens (tertiary/aromatic N) is 4. The van der Waals surface area contributed by atoms with Gasteiger partial charge in [0.05, 0.1) is 12.7 Å². The zero-order valence-electron chi connectivity index (χ0n) is 17.0. The fourth-order valence-corrected chi connectivity index (χ4v) is 4.67. The zero-order chi connectivity index (χ0) is 21.6. The summed E-state index contributed by atoms with van der Waals surface area (Å²) in [5.74, 6) is 1.35. The van der Waals surface area contributed by atoms with E-state index in [1.807, 2.05) is 0 Å². The highest BCUT2D eigenvalue weighted by Crippen LogP contribution is 2.39. The molecular weight excluding hydrogens is 407 g/mol. The average Bonchev–Trinajstić information content (AvgIpc) is 2.79. The first-order chi connectivity index (χ1) is 14.9. The van der Waals surface area contributed by atoms with Crippen molar-refractivity contribution in [2.24, 2.45) is 5.92 Å². The predicted octanol–water partition coefficient (Wildman–Crippen LogP) is 4.23. The Morgan fingerprint density at radius 1 is 1.10 bits per heavy atom. The molecule has 9 heteroatoms. The molecule has 0 amide bonds. The zero-order valence-corrected chi connectivity index (χ0v) is 17.0. The van der Waals surface area contributed by atoms with Gasteiger partial charge in [-0.15, -0.1) is 10.2 Å². The van der Waals surface area contributed by atoms with E-state index in [4.69, 9.17) is 4.74 Å². The summed E-state index contributed by atoms with van der Waals surface area (Å²) in [4.78, 5) is 6.69. The van der Waals surface area contributed by atoms with Gasteiger partial charge in [0, 0.05) is 41.3 Å². The lowest BCUT2D eigenvalue weighted by Gasteiger charge is -2.45. The number of fused-ring (bicyclic) bond motifs is 4. The van der Waals surface area contributed by atoms with E-state index in [9.17, 15) is 13.2 Å². The van der Waals surface area contributed by atoms with Crippen molar-refractivity contribution in [2.45, 2.75) is 25.1 Å². The van der Waals surface area contributed by atoms with Crippen molar-refractivity contribution in [3.05, 3.63) is 42.2 Å². The Kier molecular flexibility index (Phi) is 4.92. The van der Waals surface area contributed by atoms with Crippen molar-refractivity contribution >= 4 is 16.6 Å². The van der Waals surface area contributed by atoms with Gasteiger partial charge in [-0.05, 0) is 56.1 Å². The Morgan fingerprint density at radius 2 is 1.90 bits per heavy atom. The van der Waals surface area contributed by atoms with Crippen LogP contribution in [0.4, 0.5) is 19.0 Å². The minimum Gasteiger partial charge on any atom is -0.496 e. The number of piperidine rings is 3. The van der Waals surface area contributed by atoms with Crippen LogP contribution < -0.4 is 10.1 Å². The van der Waals surface area contributed by atoms with Crippen LogP contribution in [0.2, 0.25) is 0 Å². The molecule has 6 rings (SSSR count). The summed E-state index contributed by atoms with van der Waals surface area (Å²) in [6, 6.07) is 5.51. The number of ether oxygens (including phenoxy) is 1. The molecule has 3 aromatic rings. The van der Waals surface area contributed by atoms with Crippen molar-refractivity contribution in [3.8, 4) is 17.0 Å². The molecule has 1 N–H and O–H groups in total. The van der Waals surface area contributed by atoms with Crippen LogP contribution in [0.5, 0.6) is 5.75 Å². The average molecular weight is 429 g/mol. The summed E-state index contributed by atoms with van der Waals surface area (Å²) in [5, 5.41) is 13.9. The lowest BCUT2D eigenvalue weighted by Crippen LogP contribution is -2.53. The molecular formula is C22H22F3N5O. The fraction of sp³-hybridized carbons (Fsp3) is 0.409. The SMILES string of the molecule is COc1cc(C(F)(F)F)ccc1-c1nnc(N[C@H]2CN3CCC2CC3)c2cnccc12. The van der Waals surface area contributed by atoms with E-state index in [2.05, 4.69) is 25.4 Å². The number of methoxy groups -OCH3 is 1. The topological polar surface area (TPSA) is 63.2 Å². The van der Waals surface area contributed by atoms with Crippen LogP contribution in [0.3, 0.4) is 0 Å². The number of pyridine rings is 1. The monoisotopic (exact) mass is 429 g/mol. The van der Waals surface area contributed by atoms with Gasteiger partial charge in [-0.25, -0.2) is 0 Å². The maximum atomic E-state index is 13.1. The van der Waals surface area contributed by atoms with Crippen molar-refractivity contribution < 1.29 is 17.9 Å². The number of benzene rings is 1. The molecule has 0 unspecified atom stereocenters. The molecule has 1 aromatic carbocycles. The molecule has 2 aromatic heterocycles. The molecule has 0 radical (unpaired) electrons. The highest BCUT2D eigenvalue weighted by molar-refractivity contribution is 6.00. The van der Waals surface area contributed by atoms with Gasteiger partial charge in [-0.1, -0.05) is 0 Å². The van der Waals surface area contributed by atoms with Crippen LogP contribution in [0, 0.1) is 5.92 Å². The number of anilines is 1. The van der Waals surface area contributed by atoms with E-state index in [1.165, 1.54) is 26.0 Å². The molecule has 2 bridgehead atoms. The van der Waals surface area contributed by atoms with Crippen LogP contribution in [0.25, 0.3) is 22.0 Å². The molecule has 0 saturated carbocycles. The lowest BCUT2D eigenvalue weighted by atomic mass is 9.84. The molecule has 0 spiro atoms. The second-order valence-electron chi connectivity index (χ2n) is 8.12. The van der Waals surface area contributed by atoms with Gasteiger partial charge in [0.1, 0.15) is 11.4 Å². The Balaban J connectivity index is 1.55. The lowest BCUT2D eigenvalue weighted by molar-refractivity contribution is -0.137. The molecule has 0 aliphatic carbocycles. The molecule has 31 heavy (non-hydrogen) atoms. The maximum Gasteiger partial charge on any atom is 0.416 e. The Bertz CT molecular complexity index is 1110. The van der Waals surface area contributed by atoms with Gasteiger partial charge < -0.3 is 15.0 Å². The van der Waals surface area contributed by atoms with Crippen LogP contribution in [-0.2, 0) is 6.18 Å². The van der Waals surface area contributed by atoms with Gasteiger partial charge in [-0.2, -0.15) is 13.2 Å². The second kappa shape index (κ2) is 7.64.